The van der Waals surface area contributed by atoms with Gasteiger partial charge in [-0.15, -0.1) is 0 Å². The lowest BCUT2D eigenvalue weighted by molar-refractivity contribution is -0.136. The third kappa shape index (κ3) is 3.96. The molecule has 0 aromatic heterocycles. The minimum absolute atomic E-state index is 0.311. The van der Waals surface area contributed by atoms with E-state index in [2.05, 4.69) is 21.6 Å². The lowest BCUT2D eigenvalue weighted by Crippen LogP contribution is -2.45. The molecule has 3 rings (SSSR count). The number of rotatable bonds is 5. The van der Waals surface area contributed by atoms with E-state index < -0.39 is 11.8 Å². The Hall–Kier alpha value is -1.88. The maximum Gasteiger partial charge on any atom is 0.313 e. The van der Waals surface area contributed by atoms with Crippen molar-refractivity contribution in [1.82, 2.24) is 10.2 Å². The van der Waals surface area contributed by atoms with Crippen LogP contribution in [0.3, 0.4) is 0 Å². The van der Waals surface area contributed by atoms with Gasteiger partial charge in [0.15, 0.2) is 0 Å². The average molecular weight is 329 g/mol. The van der Waals surface area contributed by atoms with Gasteiger partial charge in [0.25, 0.3) is 0 Å². The number of carbonyl (C=O) groups is 2. The first kappa shape index (κ1) is 17.0. The lowest BCUT2D eigenvalue weighted by atomic mass is 9.90. The second-order valence-electron chi connectivity index (χ2n) is 7.18. The highest BCUT2D eigenvalue weighted by Gasteiger charge is 2.33. The van der Waals surface area contributed by atoms with Crippen molar-refractivity contribution in [3.63, 3.8) is 0 Å². The molecule has 2 amide bonds. The zero-order valence-corrected chi connectivity index (χ0v) is 14.6. The van der Waals surface area contributed by atoms with Gasteiger partial charge in [-0.05, 0) is 75.7 Å². The summed E-state index contributed by atoms with van der Waals surface area (Å²) in [7, 11) is 4.04. The summed E-state index contributed by atoms with van der Waals surface area (Å²) in [6.07, 6.45) is 6.77. The first-order valence-electron chi connectivity index (χ1n) is 8.92. The van der Waals surface area contributed by atoms with Crippen LogP contribution in [0.5, 0.6) is 0 Å². The molecule has 1 atom stereocenters. The molecule has 0 bridgehead atoms. The van der Waals surface area contributed by atoms with Crippen molar-refractivity contribution in [2.24, 2.45) is 5.92 Å². The van der Waals surface area contributed by atoms with Crippen molar-refractivity contribution < 1.29 is 9.59 Å². The minimum Gasteiger partial charge on any atom is -0.346 e. The second-order valence-corrected chi connectivity index (χ2v) is 7.18. The highest BCUT2D eigenvalue weighted by molar-refractivity contribution is 6.39. The number of nitrogens with zero attached hydrogens (tertiary/aromatic N) is 1. The van der Waals surface area contributed by atoms with Crippen molar-refractivity contribution in [2.75, 3.05) is 26.0 Å². The van der Waals surface area contributed by atoms with E-state index in [1.54, 1.807) is 0 Å². The highest BCUT2D eigenvalue weighted by Crippen LogP contribution is 2.34. The first-order chi connectivity index (χ1) is 11.6. The molecule has 0 unspecified atom stereocenters. The van der Waals surface area contributed by atoms with Crippen LogP contribution in [0.4, 0.5) is 5.69 Å². The Morgan fingerprint density at radius 2 is 1.92 bits per heavy atom. The fraction of sp³-hybridized carbons (Fsp3) is 0.579. The van der Waals surface area contributed by atoms with Gasteiger partial charge < -0.3 is 15.5 Å². The fourth-order valence-corrected chi connectivity index (χ4v) is 3.61. The summed E-state index contributed by atoms with van der Waals surface area (Å²) in [5.74, 6) is -0.470. The van der Waals surface area contributed by atoms with E-state index in [1.165, 1.54) is 30.4 Å². The topological polar surface area (TPSA) is 61.4 Å². The van der Waals surface area contributed by atoms with Crippen LogP contribution >= 0.6 is 0 Å². The summed E-state index contributed by atoms with van der Waals surface area (Å²) < 4.78 is 0. The number of hydrogen-bond acceptors (Lipinski definition) is 3. The Morgan fingerprint density at radius 3 is 2.62 bits per heavy atom. The van der Waals surface area contributed by atoms with E-state index >= 15 is 0 Å². The molecule has 0 radical (unpaired) electrons. The molecule has 1 fully saturated rings. The molecule has 0 saturated heterocycles. The number of aryl methyl sites for hydroxylation is 1. The highest BCUT2D eigenvalue weighted by atomic mass is 16.2. The van der Waals surface area contributed by atoms with Gasteiger partial charge in [-0.3, -0.25) is 9.59 Å². The molecule has 0 heterocycles. The third-order valence-electron chi connectivity index (χ3n) is 5.15. The van der Waals surface area contributed by atoms with Gasteiger partial charge in [0.1, 0.15) is 0 Å². The largest absolute Gasteiger partial charge is 0.346 e. The summed E-state index contributed by atoms with van der Waals surface area (Å²) in [6, 6.07) is 6.27. The summed E-state index contributed by atoms with van der Waals surface area (Å²) in [6.45, 7) is 0.525. The number of anilines is 1. The Labute approximate surface area is 143 Å². The van der Waals surface area contributed by atoms with Gasteiger partial charge in [0.2, 0.25) is 0 Å². The van der Waals surface area contributed by atoms with Crippen molar-refractivity contribution in [2.45, 2.75) is 44.6 Å². The van der Waals surface area contributed by atoms with Crippen molar-refractivity contribution in [3.8, 4) is 0 Å². The number of benzene rings is 1. The predicted molar refractivity (Wildman–Crippen MR) is 94.9 cm³/mol. The van der Waals surface area contributed by atoms with Crippen molar-refractivity contribution in [3.05, 3.63) is 29.3 Å². The van der Waals surface area contributed by atoms with Crippen LogP contribution in [0, 0.1) is 5.92 Å². The Kier molecular flexibility index (Phi) is 5.19. The lowest BCUT2D eigenvalue weighted by Gasteiger charge is -2.24. The van der Waals surface area contributed by atoms with Gasteiger partial charge in [0.05, 0.1) is 0 Å². The first-order valence-corrected chi connectivity index (χ1v) is 8.92. The summed E-state index contributed by atoms with van der Waals surface area (Å²) in [5, 5.41) is 5.60. The average Bonchev–Trinajstić information content (AvgIpc) is 3.39. The summed E-state index contributed by atoms with van der Waals surface area (Å²) in [4.78, 5) is 26.5. The monoisotopic (exact) mass is 329 g/mol. The van der Waals surface area contributed by atoms with E-state index in [1.807, 2.05) is 26.2 Å². The number of carbonyl (C=O) groups excluding carboxylic acids is 2. The molecule has 1 aromatic carbocycles. The van der Waals surface area contributed by atoms with Crippen LogP contribution in [-0.2, 0) is 22.4 Å². The van der Waals surface area contributed by atoms with Gasteiger partial charge in [0, 0.05) is 18.3 Å². The fourth-order valence-electron chi connectivity index (χ4n) is 3.61. The maximum absolute atomic E-state index is 12.2. The van der Waals surface area contributed by atoms with Gasteiger partial charge in [-0.2, -0.15) is 0 Å². The molecule has 0 aliphatic heterocycles. The smallest absolute Gasteiger partial charge is 0.313 e. The van der Waals surface area contributed by atoms with Crippen molar-refractivity contribution >= 4 is 17.5 Å². The minimum atomic E-state index is -0.567. The molecule has 5 heteroatoms. The molecule has 2 aliphatic carbocycles. The van der Waals surface area contributed by atoms with Gasteiger partial charge in [-0.1, -0.05) is 12.1 Å². The van der Waals surface area contributed by atoms with Gasteiger partial charge >= 0.3 is 11.8 Å². The number of nitrogens with one attached hydrogen (secondary N) is 2. The van der Waals surface area contributed by atoms with Crippen LogP contribution in [-0.4, -0.2) is 43.4 Å². The molecule has 2 N–H and O–H groups in total. The zero-order valence-electron chi connectivity index (χ0n) is 14.6. The summed E-state index contributed by atoms with van der Waals surface area (Å²) >= 11 is 0. The molecular weight excluding hydrogens is 302 g/mol. The van der Waals surface area contributed by atoms with Crippen LogP contribution in [0.1, 0.15) is 36.8 Å². The predicted octanol–water partition coefficient (Wildman–Crippen LogP) is 1.96. The van der Waals surface area contributed by atoms with E-state index in [-0.39, 0.29) is 0 Å². The van der Waals surface area contributed by atoms with Crippen LogP contribution in [0.25, 0.3) is 0 Å². The number of hydrogen-bond donors (Lipinski definition) is 2. The SMILES string of the molecule is CN(C)[C@@H](CNC(=O)C(=O)Nc1cccc2c1CCCC2)C1CC1. The molecule has 24 heavy (non-hydrogen) atoms. The number of likely N-dealkylation sites (N-methyl/N-ethyl adjacent to an activating group) is 1. The molecule has 130 valence electrons. The van der Waals surface area contributed by atoms with E-state index in [9.17, 15) is 9.59 Å². The molecule has 1 saturated carbocycles. The molecule has 0 spiro atoms. The van der Waals surface area contributed by atoms with E-state index in [4.69, 9.17) is 0 Å². The Bertz CT molecular complexity index is 621. The van der Waals surface area contributed by atoms with Crippen molar-refractivity contribution in [1.29, 1.82) is 0 Å². The van der Waals surface area contributed by atoms with Crippen LogP contribution in [0.15, 0.2) is 18.2 Å². The molecule has 1 aromatic rings. The number of fused-ring (bicyclic) bond motifs is 1. The normalized spacial score (nSPS) is 18.0. The standard InChI is InChI=1S/C19H27N3O2/c1-22(2)17(14-10-11-14)12-20-18(23)19(24)21-16-9-5-7-13-6-3-4-8-15(13)16/h5,7,9,14,17H,3-4,6,8,10-12H2,1-2H3,(H,20,23)(H,21,24)/t17-/m0/s1. The molecular formula is C19H27N3O2. The van der Waals surface area contributed by atoms with Crippen LogP contribution < -0.4 is 10.6 Å². The quantitative estimate of drug-likeness (QED) is 0.812. The number of amides is 2. The Morgan fingerprint density at radius 1 is 1.17 bits per heavy atom. The second kappa shape index (κ2) is 7.34. The van der Waals surface area contributed by atoms with E-state index in [0.29, 0.717) is 18.5 Å². The molecule has 5 nitrogen and oxygen atoms in total. The Balaban J connectivity index is 1.57. The zero-order chi connectivity index (χ0) is 17.1. The van der Waals surface area contributed by atoms with Crippen LogP contribution in [0.2, 0.25) is 0 Å². The molecule has 2 aliphatic rings. The summed E-state index contributed by atoms with van der Waals surface area (Å²) in [5.41, 5.74) is 3.27. The van der Waals surface area contributed by atoms with Gasteiger partial charge in [-0.25, -0.2) is 0 Å². The third-order valence-corrected chi connectivity index (χ3v) is 5.15. The van der Waals surface area contributed by atoms with E-state index in [0.717, 1.165) is 24.9 Å². The maximum atomic E-state index is 12.2.